The molecule has 5 nitrogen and oxygen atoms in total. The van der Waals surface area contributed by atoms with Crippen LogP contribution < -0.4 is 15.0 Å². The van der Waals surface area contributed by atoms with Crippen LogP contribution in [0.2, 0.25) is 0 Å². The number of ether oxygens (including phenoxy) is 1. The fraction of sp³-hybridized carbons (Fsp3) is 0.152. The highest BCUT2D eigenvalue weighted by atomic mass is 19.1. The predicted molar refractivity (Wildman–Crippen MR) is 151 cm³/mol. The summed E-state index contributed by atoms with van der Waals surface area (Å²) in [7, 11) is 0. The quantitative estimate of drug-likeness (QED) is 0.268. The van der Waals surface area contributed by atoms with Gasteiger partial charge in [-0.3, -0.25) is 14.5 Å². The number of nitrogens with one attached hydrogen (secondary N) is 1. The Morgan fingerprint density at radius 3 is 2.38 bits per heavy atom. The summed E-state index contributed by atoms with van der Waals surface area (Å²) in [5.74, 6) is -0.254. The number of hydrogen-bond acceptors (Lipinski definition) is 3. The summed E-state index contributed by atoms with van der Waals surface area (Å²) >= 11 is 0. The first-order valence-corrected chi connectivity index (χ1v) is 13.0. The Morgan fingerprint density at radius 1 is 0.923 bits per heavy atom. The van der Waals surface area contributed by atoms with E-state index in [1.807, 2.05) is 37.3 Å². The highest BCUT2D eigenvalue weighted by Gasteiger charge is 2.30. The molecule has 1 aliphatic rings. The fourth-order valence-corrected chi connectivity index (χ4v) is 4.51. The SMILES string of the molecule is CC(CCc1ccccc1)NC(=O)c1ccc(/C=C2\Oc3ccccc3N(Cc3ccccc3F)C2=O)cc1. The van der Waals surface area contributed by atoms with Gasteiger partial charge in [0.1, 0.15) is 5.82 Å². The van der Waals surface area contributed by atoms with Crippen molar-refractivity contribution in [2.75, 3.05) is 4.90 Å². The molecule has 0 saturated carbocycles. The number of fused-ring (bicyclic) bond motifs is 1. The van der Waals surface area contributed by atoms with E-state index in [-0.39, 0.29) is 36.0 Å². The van der Waals surface area contributed by atoms with Crippen LogP contribution in [0.25, 0.3) is 6.08 Å². The molecule has 1 atom stereocenters. The number of carbonyl (C=O) groups excluding carboxylic acids is 2. The largest absolute Gasteiger partial charge is 0.449 e. The molecule has 0 fully saturated rings. The smallest absolute Gasteiger partial charge is 0.294 e. The van der Waals surface area contributed by atoms with Crippen LogP contribution in [0.1, 0.15) is 40.4 Å². The molecule has 1 N–H and O–H groups in total. The third-order valence-electron chi connectivity index (χ3n) is 6.68. The first-order valence-electron chi connectivity index (χ1n) is 13.0. The topological polar surface area (TPSA) is 58.6 Å². The molecule has 1 heterocycles. The van der Waals surface area contributed by atoms with Crippen molar-refractivity contribution in [2.24, 2.45) is 0 Å². The first-order chi connectivity index (χ1) is 19.0. The summed E-state index contributed by atoms with van der Waals surface area (Å²) in [6, 6.07) is 30.8. The van der Waals surface area contributed by atoms with E-state index in [4.69, 9.17) is 4.74 Å². The lowest BCUT2D eigenvalue weighted by molar-refractivity contribution is -0.117. The van der Waals surface area contributed by atoms with Gasteiger partial charge in [-0.25, -0.2) is 4.39 Å². The molecule has 2 amide bonds. The number of halogens is 1. The summed E-state index contributed by atoms with van der Waals surface area (Å²) < 4.78 is 20.3. The van der Waals surface area contributed by atoms with Crippen molar-refractivity contribution in [2.45, 2.75) is 32.4 Å². The van der Waals surface area contributed by atoms with Crippen molar-refractivity contribution >= 4 is 23.6 Å². The number of amides is 2. The lowest BCUT2D eigenvalue weighted by atomic mass is 10.1. The summed E-state index contributed by atoms with van der Waals surface area (Å²) in [5, 5.41) is 3.05. The van der Waals surface area contributed by atoms with Gasteiger partial charge >= 0.3 is 0 Å². The van der Waals surface area contributed by atoms with Gasteiger partial charge in [-0.05, 0) is 67.3 Å². The third-order valence-corrected chi connectivity index (χ3v) is 6.68. The Labute approximate surface area is 227 Å². The van der Waals surface area contributed by atoms with Gasteiger partial charge in [-0.1, -0.05) is 72.8 Å². The zero-order chi connectivity index (χ0) is 27.2. The van der Waals surface area contributed by atoms with Crippen LogP contribution in [0.15, 0.2) is 109 Å². The zero-order valence-electron chi connectivity index (χ0n) is 21.6. The number of nitrogens with zero attached hydrogens (tertiary/aromatic N) is 1. The van der Waals surface area contributed by atoms with E-state index in [1.54, 1.807) is 60.7 Å². The van der Waals surface area contributed by atoms with Crippen molar-refractivity contribution in [1.82, 2.24) is 5.32 Å². The highest BCUT2D eigenvalue weighted by Crippen LogP contribution is 2.36. The molecule has 39 heavy (non-hydrogen) atoms. The van der Waals surface area contributed by atoms with Crippen LogP contribution in [0.4, 0.5) is 10.1 Å². The van der Waals surface area contributed by atoms with Gasteiger partial charge in [0.2, 0.25) is 0 Å². The number of carbonyl (C=O) groups is 2. The molecule has 0 aromatic heterocycles. The summed E-state index contributed by atoms with van der Waals surface area (Å²) in [5.41, 5.74) is 3.47. The second-order valence-corrected chi connectivity index (χ2v) is 9.58. The van der Waals surface area contributed by atoms with Crippen LogP contribution in [-0.2, 0) is 17.8 Å². The minimum Gasteiger partial charge on any atom is -0.449 e. The molecule has 0 bridgehead atoms. The summed E-state index contributed by atoms with van der Waals surface area (Å²) in [6.07, 6.45) is 3.36. The van der Waals surface area contributed by atoms with Gasteiger partial charge in [0.05, 0.1) is 12.2 Å². The molecule has 1 unspecified atom stereocenters. The predicted octanol–water partition coefficient (Wildman–Crippen LogP) is 6.54. The third kappa shape index (κ3) is 6.24. The highest BCUT2D eigenvalue weighted by molar-refractivity contribution is 6.09. The number of benzene rings is 4. The lowest BCUT2D eigenvalue weighted by Crippen LogP contribution is -2.37. The molecule has 0 radical (unpaired) electrons. The van der Waals surface area contributed by atoms with E-state index < -0.39 is 0 Å². The number of hydrogen-bond donors (Lipinski definition) is 1. The van der Waals surface area contributed by atoms with Crippen molar-refractivity contribution in [3.8, 4) is 5.75 Å². The maximum Gasteiger partial charge on any atom is 0.294 e. The van der Waals surface area contributed by atoms with E-state index in [9.17, 15) is 14.0 Å². The monoisotopic (exact) mass is 520 g/mol. The Hall–Kier alpha value is -4.71. The molecule has 6 heteroatoms. The Balaban J connectivity index is 1.28. The number of aryl methyl sites for hydroxylation is 1. The van der Waals surface area contributed by atoms with E-state index in [0.717, 1.165) is 12.8 Å². The fourth-order valence-electron chi connectivity index (χ4n) is 4.51. The minimum atomic E-state index is -0.372. The van der Waals surface area contributed by atoms with E-state index in [1.165, 1.54) is 16.5 Å². The minimum absolute atomic E-state index is 0.0215. The van der Waals surface area contributed by atoms with Crippen LogP contribution in [0.5, 0.6) is 5.75 Å². The Morgan fingerprint density at radius 2 is 1.62 bits per heavy atom. The second-order valence-electron chi connectivity index (χ2n) is 9.58. The normalized spacial score (nSPS) is 14.5. The lowest BCUT2D eigenvalue weighted by Gasteiger charge is -2.30. The first kappa shape index (κ1) is 25.9. The van der Waals surface area contributed by atoms with Crippen molar-refractivity contribution in [3.05, 3.63) is 137 Å². The molecular weight excluding hydrogens is 491 g/mol. The summed E-state index contributed by atoms with van der Waals surface area (Å²) in [6.45, 7) is 2.07. The van der Waals surface area contributed by atoms with Crippen molar-refractivity contribution < 1.29 is 18.7 Å². The van der Waals surface area contributed by atoms with E-state index >= 15 is 0 Å². The molecular formula is C33H29FN2O3. The van der Waals surface area contributed by atoms with E-state index in [2.05, 4.69) is 17.4 Å². The molecule has 1 aliphatic heterocycles. The zero-order valence-corrected chi connectivity index (χ0v) is 21.6. The van der Waals surface area contributed by atoms with Gasteiger partial charge in [-0.2, -0.15) is 0 Å². The Bertz CT molecular complexity index is 1500. The summed E-state index contributed by atoms with van der Waals surface area (Å²) in [4.78, 5) is 27.7. The van der Waals surface area contributed by atoms with E-state index in [0.29, 0.717) is 28.1 Å². The van der Waals surface area contributed by atoms with Crippen molar-refractivity contribution in [1.29, 1.82) is 0 Å². The number of anilines is 1. The molecule has 4 aromatic carbocycles. The molecule has 0 spiro atoms. The van der Waals surface area contributed by atoms with Gasteiger partial charge < -0.3 is 10.1 Å². The van der Waals surface area contributed by atoms with Crippen LogP contribution >= 0.6 is 0 Å². The molecule has 0 aliphatic carbocycles. The van der Waals surface area contributed by atoms with Crippen molar-refractivity contribution in [3.63, 3.8) is 0 Å². The second kappa shape index (κ2) is 11.8. The average molecular weight is 521 g/mol. The molecule has 4 aromatic rings. The Kier molecular flexibility index (Phi) is 7.83. The molecule has 5 rings (SSSR count). The number of rotatable bonds is 8. The number of para-hydroxylation sites is 2. The van der Waals surface area contributed by atoms with Gasteiger partial charge in [0.25, 0.3) is 11.8 Å². The average Bonchev–Trinajstić information content (AvgIpc) is 2.96. The van der Waals surface area contributed by atoms with Gasteiger partial charge in [-0.15, -0.1) is 0 Å². The maximum atomic E-state index is 14.4. The molecule has 196 valence electrons. The van der Waals surface area contributed by atoms with Crippen LogP contribution in [0.3, 0.4) is 0 Å². The maximum absolute atomic E-state index is 14.4. The molecule has 0 saturated heterocycles. The van der Waals surface area contributed by atoms with Crippen LogP contribution in [-0.4, -0.2) is 17.9 Å². The van der Waals surface area contributed by atoms with Gasteiger partial charge in [0, 0.05) is 17.2 Å². The standard InChI is InChI=1S/C33H29FN2O3/c1-23(15-16-24-9-3-2-4-10-24)35-32(37)26-19-17-25(18-20-26)21-31-33(38)36(22-27-11-5-6-12-28(27)34)29-13-7-8-14-30(29)39-31/h2-14,17-21,23H,15-16,22H2,1H3,(H,35,37)/b31-21-. The van der Waals surface area contributed by atoms with Crippen LogP contribution in [0, 0.1) is 5.82 Å². The van der Waals surface area contributed by atoms with Gasteiger partial charge in [0.15, 0.2) is 11.5 Å².